The first-order valence-corrected chi connectivity index (χ1v) is 8.62. The summed E-state index contributed by atoms with van der Waals surface area (Å²) in [6.07, 6.45) is 0. The van der Waals surface area contributed by atoms with Gasteiger partial charge in [-0.05, 0) is 31.5 Å². The molecule has 1 aliphatic heterocycles. The molecule has 2 aromatic carbocycles. The smallest absolute Gasteiger partial charge is 0.244 e. The van der Waals surface area contributed by atoms with Crippen molar-refractivity contribution in [3.8, 4) is 0 Å². The third-order valence-electron chi connectivity index (χ3n) is 4.27. The average molecular weight is 317 g/mol. The highest BCUT2D eigenvalue weighted by molar-refractivity contribution is 7.89. The maximum Gasteiger partial charge on any atom is 0.244 e. The van der Waals surface area contributed by atoms with Crippen LogP contribution in [0.2, 0.25) is 0 Å². The molecule has 1 unspecified atom stereocenters. The van der Waals surface area contributed by atoms with Gasteiger partial charge in [-0.3, -0.25) is 0 Å². The van der Waals surface area contributed by atoms with E-state index in [1.54, 1.807) is 31.2 Å². The summed E-state index contributed by atoms with van der Waals surface area (Å²) in [5, 5.41) is 9.72. The fraction of sp³-hybridized carbons (Fsp3) is 0.294. The van der Waals surface area contributed by atoms with Gasteiger partial charge in [-0.2, -0.15) is 4.31 Å². The van der Waals surface area contributed by atoms with Crippen LogP contribution in [0, 0.1) is 6.92 Å². The van der Waals surface area contributed by atoms with Gasteiger partial charge in [0, 0.05) is 0 Å². The molecule has 0 aromatic heterocycles. The maximum absolute atomic E-state index is 12.9. The standard InChI is InChI=1S/C17H19NO3S/c1-13-8-10-15(11-9-13)22(20,21)18-16(17(18,2)12-19)14-6-4-3-5-7-14/h3-11,16,19H,12H2,1-2H3/t16-,17-,18?/m1/s1. The van der Waals surface area contributed by atoms with Crippen molar-refractivity contribution in [1.29, 1.82) is 0 Å². The number of hydrogen-bond donors (Lipinski definition) is 1. The quantitative estimate of drug-likeness (QED) is 0.882. The SMILES string of the molecule is Cc1ccc(S(=O)(=O)N2[C@H](c3ccccc3)[C@@]2(C)CO)cc1. The Kier molecular flexibility index (Phi) is 3.59. The minimum Gasteiger partial charge on any atom is -0.394 e. The number of nitrogens with zero attached hydrogens (tertiary/aromatic N) is 1. The van der Waals surface area contributed by atoms with Gasteiger partial charge in [-0.1, -0.05) is 48.0 Å². The number of benzene rings is 2. The van der Waals surface area contributed by atoms with E-state index >= 15 is 0 Å². The number of aryl methyl sites for hydroxylation is 1. The largest absolute Gasteiger partial charge is 0.394 e. The molecule has 1 fully saturated rings. The number of sulfonamides is 1. The van der Waals surface area contributed by atoms with E-state index in [0.29, 0.717) is 0 Å². The summed E-state index contributed by atoms with van der Waals surface area (Å²) in [7, 11) is -3.63. The molecule has 1 heterocycles. The Morgan fingerprint density at radius 1 is 1.09 bits per heavy atom. The molecule has 1 N–H and O–H groups in total. The Morgan fingerprint density at radius 3 is 2.23 bits per heavy atom. The van der Waals surface area contributed by atoms with Gasteiger partial charge in [-0.15, -0.1) is 0 Å². The first-order valence-electron chi connectivity index (χ1n) is 7.18. The lowest BCUT2D eigenvalue weighted by molar-refractivity contribution is 0.243. The van der Waals surface area contributed by atoms with Gasteiger partial charge < -0.3 is 5.11 Å². The highest BCUT2D eigenvalue weighted by atomic mass is 32.2. The normalized spacial score (nSPS) is 27.6. The molecule has 116 valence electrons. The number of hydrogen-bond acceptors (Lipinski definition) is 3. The van der Waals surface area contributed by atoms with Gasteiger partial charge in [0.2, 0.25) is 10.0 Å². The topological polar surface area (TPSA) is 57.4 Å². The highest BCUT2D eigenvalue weighted by Gasteiger charge is 2.65. The summed E-state index contributed by atoms with van der Waals surface area (Å²) in [5.41, 5.74) is 1.12. The minimum atomic E-state index is -3.63. The molecule has 4 nitrogen and oxygen atoms in total. The zero-order valence-electron chi connectivity index (χ0n) is 12.6. The molecule has 0 radical (unpaired) electrons. The number of aliphatic hydroxyl groups is 1. The van der Waals surface area contributed by atoms with Crippen LogP contribution < -0.4 is 0 Å². The van der Waals surface area contributed by atoms with Crippen LogP contribution in [0.3, 0.4) is 0 Å². The zero-order chi connectivity index (χ0) is 16.0. The Labute approximate surface area is 131 Å². The lowest BCUT2D eigenvalue weighted by Crippen LogP contribution is -2.24. The van der Waals surface area contributed by atoms with Gasteiger partial charge in [0.1, 0.15) is 0 Å². The molecule has 0 saturated carbocycles. The first kappa shape index (κ1) is 15.2. The summed E-state index contributed by atoms with van der Waals surface area (Å²) in [4.78, 5) is 0.260. The molecule has 1 aliphatic rings. The molecule has 3 atom stereocenters. The van der Waals surface area contributed by atoms with E-state index in [0.717, 1.165) is 11.1 Å². The fourth-order valence-electron chi connectivity index (χ4n) is 2.92. The van der Waals surface area contributed by atoms with Crippen molar-refractivity contribution in [3.05, 3.63) is 65.7 Å². The van der Waals surface area contributed by atoms with E-state index in [4.69, 9.17) is 0 Å². The highest BCUT2D eigenvalue weighted by Crippen LogP contribution is 2.56. The van der Waals surface area contributed by atoms with E-state index in [1.807, 2.05) is 37.3 Å². The van der Waals surface area contributed by atoms with Gasteiger partial charge in [0.25, 0.3) is 0 Å². The lowest BCUT2D eigenvalue weighted by Gasteiger charge is -2.10. The van der Waals surface area contributed by atoms with Crippen LogP contribution in [0.4, 0.5) is 0 Å². The average Bonchev–Trinajstić information content (AvgIpc) is 3.16. The van der Waals surface area contributed by atoms with E-state index in [1.165, 1.54) is 4.31 Å². The third kappa shape index (κ3) is 2.26. The van der Waals surface area contributed by atoms with Crippen molar-refractivity contribution >= 4 is 10.0 Å². The molecule has 1 saturated heterocycles. The van der Waals surface area contributed by atoms with E-state index in [-0.39, 0.29) is 17.5 Å². The van der Waals surface area contributed by atoms with Crippen molar-refractivity contribution in [2.75, 3.05) is 6.61 Å². The molecule has 0 aliphatic carbocycles. The summed E-state index contributed by atoms with van der Waals surface area (Å²) in [5.74, 6) is 0. The Morgan fingerprint density at radius 2 is 1.68 bits per heavy atom. The van der Waals surface area contributed by atoms with Crippen LogP contribution in [0.1, 0.15) is 24.1 Å². The molecule has 0 amide bonds. The van der Waals surface area contributed by atoms with Gasteiger partial charge in [0.05, 0.1) is 23.1 Å². The fourth-order valence-corrected chi connectivity index (χ4v) is 4.91. The molecule has 3 rings (SSSR count). The summed E-state index contributed by atoms with van der Waals surface area (Å²) >= 11 is 0. The van der Waals surface area contributed by atoms with Crippen LogP contribution >= 0.6 is 0 Å². The van der Waals surface area contributed by atoms with Gasteiger partial charge in [-0.25, -0.2) is 8.42 Å². The zero-order valence-corrected chi connectivity index (χ0v) is 13.4. The predicted octanol–water partition coefficient (Wildman–Crippen LogP) is 2.49. The second-order valence-electron chi connectivity index (χ2n) is 5.94. The van der Waals surface area contributed by atoms with E-state index in [2.05, 4.69) is 0 Å². The molecular weight excluding hydrogens is 298 g/mol. The molecule has 0 spiro atoms. The van der Waals surface area contributed by atoms with Crippen molar-refractivity contribution < 1.29 is 13.5 Å². The summed E-state index contributed by atoms with van der Waals surface area (Å²) < 4.78 is 27.2. The Balaban J connectivity index is 2.01. The minimum absolute atomic E-state index is 0.211. The monoisotopic (exact) mass is 317 g/mol. The second kappa shape index (κ2) is 5.19. The molecule has 22 heavy (non-hydrogen) atoms. The van der Waals surface area contributed by atoms with Crippen LogP contribution in [0.25, 0.3) is 0 Å². The maximum atomic E-state index is 12.9. The molecule has 2 aromatic rings. The summed E-state index contributed by atoms with van der Waals surface area (Å²) in [6, 6.07) is 15.9. The van der Waals surface area contributed by atoms with Crippen LogP contribution in [-0.4, -0.2) is 30.0 Å². The van der Waals surface area contributed by atoms with Gasteiger partial charge >= 0.3 is 0 Å². The molecule has 5 heteroatoms. The van der Waals surface area contributed by atoms with Crippen molar-refractivity contribution in [3.63, 3.8) is 0 Å². The third-order valence-corrected chi connectivity index (χ3v) is 6.29. The van der Waals surface area contributed by atoms with Gasteiger partial charge in [0.15, 0.2) is 0 Å². The Bertz CT molecular complexity index is 771. The van der Waals surface area contributed by atoms with Crippen LogP contribution in [0.15, 0.2) is 59.5 Å². The number of rotatable bonds is 4. The van der Waals surface area contributed by atoms with E-state index in [9.17, 15) is 13.5 Å². The molecular formula is C17H19NO3S. The van der Waals surface area contributed by atoms with Crippen molar-refractivity contribution in [2.45, 2.75) is 30.3 Å². The number of aliphatic hydroxyl groups excluding tert-OH is 1. The summed E-state index contributed by atoms with van der Waals surface area (Å²) in [6.45, 7) is 3.48. The second-order valence-corrected chi connectivity index (χ2v) is 7.76. The first-order chi connectivity index (χ1) is 10.4. The van der Waals surface area contributed by atoms with Crippen molar-refractivity contribution in [1.82, 2.24) is 4.31 Å². The predicted molar refractivity (Wildman–Crippen MR) is 84.9 cm³/mol. The Hall–Kier alpha value is -1.69. The van der Waals surface area contributed by atoms with Crippen molar-refractivity contribution in [2.24, 2.45) is 0 Å². The van der Waals surface area contributed by atoms with E-state index < -0.39 is 15.6 Å². The lowest BCUT2D eigenvalue weighted by atomic mass is 10.0. The molecule has 0 bridgehead atoms. The van der Waals surface area contributed by atoms with Crippen LogP contribution in [0.5, 0.6) is 0 Å². The van der Waals surface area contributed by atoms with Crippen LogP contribution in [-0.2, 0) is 10.0 Å².